The first-order valence-electron chi connectivity index (χ1n) is 6.32. The van der Waals surface area contributed by atoms with Crippen LogP contribution in [0.5, 0.6) is 0 Å². The summed E-state index contributed by atoms with van der Waals surface area (Å²) < 4.78 is 1.92. The molecule has 0 radical (unpaired) electrons. The minimum Gasteiger partial charge on any atom is -0.310 e. The molecule has 0 unspecified atom stereocenters. The number of hydrogen-bond acceptors (Lipinski definition) is 4. The number of aryl methyl sites for hydroxylation is 1. The minimum atomic E-state index is -0.411. The molecule has 0 spiro atoms. The van der Waals surface area contributed by atoms with Crippen LogP contribution in [-0.2, 0) is 12.4 Å². The van der Waals surface area contributed by atoms with E-state index in [0.717, 1.165) is 24.1 Å². The monoisotopic (exact) mass is 294 g/mol. The Morgan fingerprint density at radius 2 is 2.15 bits per heavy atom. The lowest BCUT2D eigenvalue weighted by Gasteiger charge is -2.09. The first-order chi connectivity index (χ1) is 9.58. The topological polar surface area (TPSA) is 73.8 Å². The summed E-state index contributed by atoms with van der Waals surface area (Å²) in [5.41, 5.74) is 1.68. The van der Waals surface area contributed by atoms with Gasteiger partial charge in [0.05, 0.1) is 10.8 Å². The normalized spacial score (nSPS) is 10.8. The maximum absolute atomic E-state index is 10.9. The first kappa shape index (κ1) is 14.5. The summed E-state index contributed by atoms with van der Waals surface area (Å²) in [4.78, 5) is 10.5. The molecule has 6 nitrogen and oxygen atoms in total. The third kappa shape index (κ3) is 2.65. The zero-order valence-electron chi connectivity index (χ0n) is 11.3. The SMILES string of the molecule is CCCn1c(CCl)nnc1-c1cc([N+](=O)[O-])ccc1C. The van der Waals surface area contributed by atoms with Gasteiger partial charge in [0, 0.05) is 24.2 Å². The van der Waals surface area contributed by atoms with Crippen molar-refractivity contribution in [2.45, 2.75) is 32.7 Å². The van der Waals surface area contributed by atoms with Crippen LogP contribution in [0, 0.1) is 17.0 Å². The zero-order chi connectivity index (χ0) is 14.7. The van der Waals surface area contributed by atoms with Crippen molar-refractivity contribution in [2.24, 2.45) is 0 Å². The molecule has 0 aliphatic rings. The van der Waals surface area contributed by atoms with Gasteiger partial charge in [0.2, 0.25) is 0 Å². The number of alkyl halides is 1. The Bertz CT molecular complexity index is 639. The summed E-state index contributed by atoms with van der Waals surface area (Å²) in [5, 5.41) is 19.1. The van der Waals surface area contributed by atoms with E-state index in [4.69, 9.17) is 11.6 Å². The van der Waals surface area contributed by atoms with Crippen LogP contribution in [0.4, 0.5) is 5.69 Å². The molecule has 2 rings (SSSR count). The molecule has 0 bridgehead atoms. The molecule has 0 N–H and O–H groups in total. The summed E-state index contributed by atoms with van der Waals surface area (Å²) in [6.45, 7) is 4.67. The second-order valence-electron chi connectivity index (χ2n) is 4.48. The van der Waals surface area contributed by atoms with E-state index in [0.29, 0.717) is 11.6 Å². The second kappa shape index (κ2) is 6.00. The van der Waals surface area contributed by atoms with Gasteiger partial charge in [-0.15, -0.1) is 21.8 Å². The molecule has 2 aromatic rings. The van der Waals surface area contributed by atoms with Crippen molar-refractivity contribution < 1.29 is 4.92 Å². The molecule has 0 fully saturated rings. The van der Waals surface area contributed by atoms with Crippen molar-refractivity contribution in [3.8, 4) is 11.4 Å². The number of halogens is 1. The van der Waals surface area contributed by atoms with Crippen LogP contribution in [-0.4, -0.2) is 19.7 Å². The van der Waals surface area contributed by atoms with E-state index in [1.54, 1.807) is 6.07 Å². The Morgan fingerprint density at radius 3 is 2.75 bits per heavy atom. The van der Waals surface area contributed by atoms with Crippen molar-refractivity contribution in [2.75, 3.05) is 0 Å². The average molecular weight is 295 g/mol. The highest BCUT2D eigenvalue weighted by atomic mass is 35.5. The summed E-state index contributed by atoms with van der Waals surface area (Å²) >= 11 is 5.86. The van der Waals surface area contributed by atoms with Gasteiger partial charge in [-0.1, -0.05) is 13.0 Å². The lowest BCUT2D eigenvalue weighted by atomic mass is 10.1. The Morgan fingerprint density at radius 1 is 1.40 bits per heavy atom. The van der Waals surface area contributed by atoms with E-state index in [1.165, 1.54) is 12.1 Å². The largest absolute Gasteiger partial charge is 0.310 e. The Labute approximate surface area is 121 Å². The van der Waals surface area contributed by atoms with E-state index in [1.807, 2.05) is 18.4 Å². The Hall–Kier alpha value is -1.95. The highest BCUT2D eigenvalue weighted by molar-refractivity contribution is 6.16. The number of nitro benzene ring substituents is 1. The van der Waals surface area contributed by atoms with Crippen LogP contribution in [0.3, 0.4) is 0 Å². The number of benzene rings is 1. The van der Waals surface area contributed by atoms with Crippen molar-refractivity contribution in [3.63, 3.8) is 0 Å². The highest BCUT2D eigenvalue weighted by Gasteiger charge is 2.17. The van der Waals surface area contributed by atoms with Gasteiger partial charge in [0.15, 0.2) is 5.82 Å². The standard InChI is InChI=1S/C13H15ClN4O2/c1-3-6-17-12(8-14)15-16-13(17)11-7-10(18(19)20)5-4-9(11)2/h4-5,7H,3,6,8H2,1-2H3. The third-order valence-corrected chi connectivity index (χ3v) is 3.31. The maximum Gasteiger partial charge on any atom is 0.270 e. The fraction of sp³-hybridized carbons (Fsp3) is 0.385. The second-order valence-corrected chi connectivity index (χ2v) is 4.75. The molecule has 7 heteroatoms. The zero-order valence-corrected chi connectivity index (χ0v) is 12.1. The van der Waals surface area contributed by atoms with E-state index in [2.05, 4.69) is 10.2 Å². The van der Waals surface area contributed by atoms with Gasteiger partial charge in [-0.25, -0.2) is 0 Å². The lowest BCUT2D eigenvalue weighted by Crippen LogP contribution is -2.05. The molecule has 0 aliphatic carbocycles. The molecular weight excluding hydrogens is 280 g/mol. The molecule has 0 atom stereocenters. The molecular formula is C13H15ClN4O2. The number of aromatic nitrogens is 3. The quantitative estimate of drug-likeness (QED) is 0.482. The smallest absolute Gasteiger partial charge is 0.270 e. The van der Waals surface area contributed by atoms with Crippen molar-refractivity contribution >= 4 is 17.3 Å². The van der Waals surface area contributed by atoms with Gasteiger partial charge in [0.25, 0.3) is 5.69 Å². The molecule has 1 heterocycles. The fourth-order valence-electron chi connectivity index (χ4n) is 2.06. The average Bonchev–Trinajstić information content (AvgIpc) is 2.82. The van der Waals surface area contributed by atoms with Gasteiger partial charge >= 0.3 is 0 Å². The van der Waals surface area contributed by atoms with E-state index < -0.39 is 4.92 Å². The van der Waals surface area contributed by atoms with Crippen LogP contribution in [0.15, 0.2) is 18.2 Å². The number of nitrogens with zero attached hydrogens (tertiary/aromatic N) is 4. The predicted molar refractivity (Wildman–Crippen MR) is 76.7 cm³/mol. The molecule has 0 aliphatic heterocycles. The summed E-state index contributed by atoms with van der Waals surface area (Å²) in [7, 11) is 0. The van der Waals surface area contributed by atoms with Crippen molar-refractivity contribution in [1.82, 2.24) is 14.8 Å². The van der Waals surface area contributed by atoms with Crippen LogP contribution < -0.4 is 0 Å². The molecule has 0 amide bonds. The number of rotatable bonds is 5. The number of nitro groups is 1. The molecule has 0 saturated heterocycles. The molecule has 1 aromatic heterocycles. The summed E-state index contributed by atoms with van der Waals surface area (Å²) in [6, 6.07) is 4.74. The fourth-order valence-corrected chi connectivity index (χ4v) is 2.25. The predicted octanol–water partition coefficient (Wildman–Crippen LogP) is 3.31. The summed E-state index contributed by atoms with van der Waals surface area (Å²) in [6.07, 6.45) is 0.906. The summed E-state index contributed by atoms with van der Waals surface area (Å²) in [5.74, 6) is 1.57. The van der Waals surface area contributed by atoms with E-state index >= 15 is 0 Å². The minimum absolute atomic E-state index is 0.0454. The molecule has 20 heavy (non-hydrogen) atoms. The Balaban J connectivity index is 2.58. The molecule has 1 aromatic carbocycles. The van der Waals surface area contributed by atoms with Gasteiger partial charge < -0.3 is 4.57 Å². The first-order valence-corrected chi connectivity index (χ1v) is 6.85. The van der Waals surface area contributed by atoms with Gasteiger partial charge in [0.1, 0.15) is 5.82 Å². The highest BCUT2D eigenvalue weighted by Crippen LogP contribution is 2.27. The van der Waals surface area contributed by atoms with E-state index in [-0.39, 0.29) is 11.6 Å². The lowest BCUT2D eigenvalue weighted by molar-refractivity contribution is -0.384. The van der Waals surface area contributed by atoms with Crippen LogP contribution in [0.25, 0.3) is 11.4 Å². The van der Waals surface area contributed by atoms with Crippen LogP contribution in [0.1, 0.15) is 24.7 Å². The number of hydrogen-bond donors (Lipinski definition) is 0. The third-order valence-electron chi connectivity index (χ3n) is 3.07. The van der Waals surface area contributed by atoms with Gasteiger partial charge in [-0.2, -0.15) is 0 Å². The van der Waals surface area contributed by atoms with Crippen LogP contribution in [0.2, 0.25) is 0 Å². The van der Waals surface area contributed by atoms with Gasteiger partial charge in [-0.05, 0) is 18.9 Å². The molecule has 0 saturated carbocycles. The Kier molecular flexibility index (Phi) is 4.34. The number of non-ortho nitro benzene ring substituents is 1. The maximum atomic E-state index is 10.9. The van der Waals surface area contributed by atoms with Crippen molar-refractivity contribution in [1.29, 1.82) is 0 Å². The van der Waals surface area contributed by atoms with Gasteiger partial charge in [-0.3, -0.25) is 10.1 Å². The van der Waals surface area contributed by atoms with Crippen LogP contribution >= 0.6 is 11.6 Å². The molecule has 106 valence electrons. The van der Waals surface area contributed by atoms with Crippen molar-refractivity contribution in [3.05, 3.63) is 39.7 Å². The van der Waals surface area contributed by atoms with E-state index in [9.17, 15) is 10.1 Å².